The van der Waals surface area contributed by atoms with Gasteiger partial charge in [-0.1, -0.05) is 13.8 Å². The Hall–Kier alpha value is -1.06. The van der Waals surface area contributed by atoms with Crippen LogP contribution in [0.15, 0.2) is 6.33 Å². The minimum Gasteiger partial charge on any atom is -0.426 e. The summed E-state index contributed by atoms with van der Waals surface area (Å²) in [6, 6.07) is 0. The van der Waals surface area contributed by atoms with Crippen LogP contribution in [0.2, 0.25) is 0 Å². The maximum atomic E-state index is 8.55. The summed E-state index contributed by atoms with van der Waals surface area (Å²) < 4.78 is 0.861. The summed E-state index contributed by atoms with van der Waals surface area (Å²) in [5, 5.41) is 15.4. The van der Waals surface area contributed by atoms with E-state index in [4.69, 9.17) is 5.21 Å². The average Bonchev–Trinajstić information content (AvgIpc) is 2.23. The Morgan fingerprint density at radius 2 is 2.11 bits per heavy atom. The third kappa shape index (κ3) is 2.12. The number of hydrogen-bond acceptors (Lipinski definition) is 3. The second-order valence-electron chi connectivity index (χ2n) is 1.22. The van der Waals surface area contributed by atoms with E-state index in [0.29, 0.717) is 5.82 Å². The smallest absolute Gasteiger partial charge is 0.165 e. The maximum Gasteiger partial charge on any atom is 0.165 e. The van der Waals surface area contributed by atoms with Crippen molar-refractivity contribution in [2.24, 2.45) is 0 Å². The predicted molar refractivity (Wildman–Crippen MR) is 33.3 cm³/mol. The summed E-state index contributed by atoms with van der Waals surface area (Å²) in [6.07, 6.45) is 1.23. The highest BCUT2D eigenvalue weighted by Gasteiger charge is 1.88. The molecule has 0 aromatic carbocycles. The molecule has 0 saturated carbocycles. The highest BCUT2D eigenvalue weighted by molar-refractivity contribution is 4.73. The second kappa shape index (κ2) is 3.88. The molecule has 4 nitrogen and oxygen atoms in total. The lowest BCUT2D eigenvalue weighted by Gasteiger charge is -1.83. The maximum absolute atomic E-state index is 8.55. The molecule has 0 fully saturated rings. The molecule has 1 aromatic heterocycles. The highest BCUT2D eigenvalue weighted by atomic mass is 16.5. The van der Waals surface area contributed by atoms with Crippen LogP contribution in [0.4, 0.5) is 0 Å². The molecule has 0 amide bonds. The lowest BCUT2D eigenvalue weighted by Crippen LogP contribution is -1.89. The molecule has 1 N–H and O–H groups in total. The fourth-order valence-corrected chi connectivity index (χ4v) is 0.288. The monoisotopic (exact) mass is 129 g/mol. The Bertz CT molecular complexity index is 144. The van der Waals surface area contributed by atoms with E-state index in [1.165, 1.54) is 6.33 Å². The van der Waals surface area contributed by atoms with Gasteiger partial charge in [-0.2, -0.15) is 4.73 Å². The van der Waals surface area contributed by atoms with Crippen LogP contribution in [-0.2, 0) is 0 Å². The van der Waals surface area contributed by atoms with E-state index in [2.05, 4.69) is 10.2 Å². The Labute approximate surface area is 54.1 Å². The molecule has 0 aliphatic carbocycles. The van der Waals surface area contributed by atoms with Gasteiger partial charge in [0, 0.05) is 0 Å². The zero-order chi connectivity index (χ0) is 7.28. The molecule has 0 radical (unpaired) electrons. The van der Waals surface area contributed by atoms with Crippen molar-refractivity contribution < 1.29 is 5.21 Å². The first kappa shape index (κ1) is 7.94. The molecule has 4 heteroatoms. The van der Waals surface area contributed by atoms with E-state index in [-0.39, 0.29) is 0 Å². The predicted octanol–water partition coefficient (Wildman–Crippen LogP) is 0.850. The summed E-state index contributed by atoms with van der Waals surface area (Å²) in [5.41, 5.74) is 0. The number of hydrogen-bond donors (Lipinski definition) is 1. The summed E-state index contributed by atoms with van der Waals surface area (Å²) in [7, 11) is 0. The van der Waals surface area contributed by atoms with Crippen molar-refractivity contribution in [2.45, 2.75) is 20.8 Å². The van der Waals surface area contributed by atoms with Gasteiger partial charge in [-0.3, -0.25) is 0 Å². The van der Waals surface area contributed by atoms with Crippen molar-refractivity contribution in [3.8, 4) is 0 Å². The highest BCUT2D eigenvalue weighted by Crippen LogP contribution is 1.82. The first-order valence-electron chi connectivity index (χ1n) is 2.86. The molecule has 0 saturated heterocycles. The van der Waals surface area contributed by atoms with Gasteiger partial charge in [0.15, 0.2) is 12.2 Å². The molecule has 0 aliphatic heterocycles. The van der Waals surface area contributed by atoms with Gasteiger partial charge in [-0.15, -0.1) is 10.2 Å². The van der Waals surface area contributed by atoms with E-state index >= 15 is 0 Å². The fourth-order valence-electron chi connectivity index (χ4n) is 0.288. The quantitative estimate of drug-likeness (QED) is 0.528. The van der Waals surface area contributed by atoms with Crippen molar-refractivity contribution in [1.29, 1.82) is 0 Å². The molecule has 0 spiro atoms. The van der Waals surface area contributed by atoms with E-state index in [1.807, 2.05) is 13.8 Å². The van der Waals surface area contributed by atoms with Gasteiger partial charge in [-0.25, -0.2) is 0 Å². The van der Waals surface area contributed by atoms with Gasteiger partial charge in [0.25, 0.3) is 0 Å². The van der Waals surface area contributed by atoms with Crippen LogP contribution in [0, 0.1) is 6.92 Å². The topological polar surface area (TPSA) is 50.9 Å². The van der Waals surface area contributed by atoms with Crippen molar-refractivity contribution >= 4 is 0 Å². The van der Waals surface area contributed by atoms with Crippen LogP contribution >= 0.6 is 0 Å². The zero-order valence-electron chi connectivity index (χ0n) is 5.87. The molecule has 9 heavy (non-hydrogen) atoms. The van der Waals surface area contributed by atoms with Crippen molar-refractivity contribution in [3.63, 3.8) is 0 Å². The molecular formula is C5H11N3O. The first-order valence-corrected chi connectivity index (χ1v) is 2.86. The molecule has 0 unspecified atom stereocenters. The van der Waals surface area contributed by atoms with E-state index < -0.39 is 0 Å². The fraction of sp³-hybridized carbons (Fsp3) is 0.600. The number of rotatable bonds is 0. The number of aromatic nitrogens is 3. The molecule has 1 rings (SSSR count). The van der Waals surface area contributed by atoms with Crippen LogP contribution in [0.1, 0.15) is 19.7 Å². The number of nitrogens with zero attached hydrogens (tertiary/aromatic N) is 3. The standard InChI is InChI=1S/C3H5N3O.C2H6/c1-3-5-4-2-6(3)7;1-2/h2,7H,1H3;1-2H3. The summed E-state index contributed by atoms with van der Waals surface area (Å²) in [6.45, 7) is 5.66. The zero-order valence-corrected chi connectivity index (χ0v) is 5.87. The SMILES string of the molecule is CC.Cc1nncn1O. The van der Waals surface area contributed by atoms with Crippen LogP contribution in [0.3, 0.4) is 0 Å². The van der Waals surface area contributed by atoms with Crippen molar-refractivity contribution in [2.75, 3.05) is 0 Å². The lowest BCUT2D eigenvalue weighted by molar-refractivity contribution is 0.178. The van der Waals surface area contributed by atoms with Gasteiger partial charge in [0.1, 0.15) is 0 Å². The summed E-state index contributed by atoms with van der Waals surface area (Å²) in [5.74, 6) is 0.500. The van der Waals surface area contributed by atoms with Crippen molar-refractivity contribution in [3.05, 3.63) is 12.2 Å². The van der Waals surface area contributed by atoms with E-state index in [0.717, 1.165) is 4.73 Å². The minimum absolute atomic E-state index is 0.500. The molecule has 0 atom stereocenters. The third-order valence-electron chi connectivity index (χ3n) is 0.695. The van der Waals surface area contributed by atoms with Gasteiger partial charge in [0.2, 0.25) is 0 Å². The van der Waals surface area contributed by atoms with Crippen LogP contribution in [-0.4, -0.2) is 20.1 Å². The lowest BCUT2D eigenvalue weighted by atomic mass is 10.8. The molecule has 52 valence electrons. The van der Waals surface area contributed by atoms with Gasteiger partial charge in [0.05, 0.1) is 0 Å². The number of aryl methyl sites for hydroxylation is 1. The van der Waals surface area contributed by atoms with E-state index in [9.17, 15) is 0 Å². The summed E-state index contributed by atoms with van der Waals surface area (Å²) >= 11 is 0. The minimum atomic E-state index is 0.500. The Morgan fingerprint density at radius 3 is 2.22 bits per heavy atom. The second-order valence-corrected chi connectivity index (χ2v) is 1.22. The molecule has 1 heterocycles. The third-order valence-corrected chi connectivity index (χ3v) is 0.695. The molecule has 0 bridgehead atoms. The Balaban J connectivity index is 0.000000291. The van der Waals surface area contributed by atoms with Crippen LogP contribution in [0.25, 0.3) is 0 Å². The molecule has 0 aliphatic rings. The van der Waals surface area contributed by atoms with Gasteiger partial charge >= 0.3 is 0 Å². The molecule has 1 aromatic rings. The van der Waals surface area contributed by atoms with Crippen LogP contribution in [0.5, 0.6) is 0 Å². The largest absolute Gasteiger partial charge is 0.426 e. The Morgan fingerprint density at radius 1 is 1.56 bits per heavy atom. The van der Waals surface area contributed by atoms with Gasteiger partial charge < -0.3 is 5.21 Å². The Kier molecular flexibility index (Phi) is 3.43. The average molecular weight is 129 g/mol. The van der Waals surface area contributed by atoms with Crippen LogP contribution < -0.4 is 0 Å². The first-order chi connectivity index (χ1) is 4.30. The van der Waals surface area contributed by atoms with Crippen molar-refractivity contribution in [1.82, 2.24) is 14.9 Å². The van der Waals surface area contributed by atoms with Gasteiger partial charge in [-0.05, 0) is 6.92 Å². The summed E-state index contributed by atoms with van der Waals surface area (Å²) in [4.78, 5) is 0. The van der Waals surface area contributed by atoms with E-state index in [1.54, 1.807) is 6.92 Å². The normalized spacial score (nSPS) is 7.89. The molecular weight excluding hydrogens is 118 g/mol.